The number of amides is 1. The number of aromatic nitrogens is 4. The maximum Gasteiger partial charge on any atom is 0.421 e. The maximum atomic E-state index is 12.8. The van der Waals surface area contributed by atoms with E-state index in [4.69, 9.17) is 4.74 Å². The number of carbonyl (C=O) groups excluding carboxylic acids is 1. The molecule has 198 valence electrons. The van der Waals surface area contributed by atoms with Gasteiger partial charge in [-0.1, -0.05) is 0 Å². The normalized spacial score (nSPS) is 15.8. The van der Waals surface area contributed by atoms with E-state index in [2.05, 4.69) is 15.1 Å². The molecule has 0 spiro atoms. The van der Waals surface area contributed by atoms with Gasteiger partial charge in [0.25, 0.3) is 5.56 Å². The molecule has 0 aliphatic carbocycles. The van der Waals surface area contributed by atoms with Crippen molar-refractivity contribution in [2.24, 2.45) is 0 Å². The van der Waals surface area contributed by atoms with Gasteiger partial charge in [0.2, 0.25) is 11.9 Å². The van der Waals surface area contributed by atoms with Crippen LogP contribution in [0.25, 0.3) is 0 Å². The largest absolute Gasteiger partial charge is 0.421 e. The average Bonchev–Trinajstić information content (AvgIpc) is 2.82. The molecule has 0 saturated carbocycles. The summed E-state index contributed by atoms with van der Waals surface area (Å²) in [6.07, 6.45) is -6.90. The molecule has 1 fully saturated rings. The van der Waals surface area contributed by atoms with Crippen LogP contribution in [0.5, 0.6) is 0 Å². The van der Waals surface area contributed by atoms with E-state index in [-0.39, 0.29) is 31.5 Å². The second-order valence-electron chi connectivity index (χ2n) is 7.80. The lowest BCUT2D eigenvalue weighted by molar-refractivity contribution is -0.139. The van der Waals surface area contributed by atoms with Crippen LogP contribution in [0.1, 0.15) is 24.5 Å². The van der Waals surface area contributed by atoms with Gasteiger partial charge in [-0.15, -0.1) is 0 Å². The van der Waals surface area contributed by atoms with E-state index in [9.17, 15) is 35.9 Å². The number of hydrogen-bond donors (Lipinski definition) is 0. The topological polar surface area (TPSA) is 93.4 Å². The second kappa shape index (κ2) is 11.5. The molecule has 0 bridgehead atoms. The smallest absolute Gasteiger partial charge is 0.380 e. The first-order valence-electron chi connectivity index (χ1n) is 10.7. The Labute approximate surface area is 205 Å². The van der Waals surface area contributed by atoms with E-state index in [0.717, 1.165) is 30.5 Å². The van der Waals surface area contributed by atoms with Crippen LogP contribution in [0.2, 0.25) is 0 Å². The number of hydrogen-bond acceptors (Lipinski definition) is 8. The first-order chi connectivity index (χ1) is 16.9. The van der Waals surface area contributed by atoms with Crippen LogP contribution in [-0.2, 0) is 21.9 Å². The third-order valence-electron chi connectivity index (χ3n) is 5.10. The van der Waals surface area contributed by atoms with E-state index >= 15 is 0 Å². The van der Waals surface area contributed by atoms with Gasteiger partial charge in [0.05, 0.1) is 25.2 Å². The molecule has 1 amide bonds. The van der Waals surface area contributed by atoms with Crippen LogP contribution in [0.15, 0.2) is 29.5 Å². The van der Waals surface area contributed by atoms with Crippen molar-refractivity contribution in [1.29, 1.82) is 0 Å². The van der Waals surface area contributed by atoms with Crippen LogP contribution in [0.3, 0.4) is 0 Å². The average molecular weight is 540 g/mol. The highest BCUT2D eigenvalue weighted by atomic mass is 32.2. The van der Waals surface area contributed by atoms with Crippen LogP contribution in [0.4, 0.5) is 32.3 Å². The van der Waals surface area contributed by atoms with Crippen LogP contribution in [-0.4, -0.2) is 74.6 Å². The van der Waals surface area contributed by atoms with Gasteiger partial charge in [0.15, 0.2) is 0 Å². The predicted octanol–water partition coefficient (Wildman–Crippen LogP) is 2.71. The van der Waals surface area contributed by atoms with Crippen molar-refractivity contribution in [3.8, 4) is 0 Å². The summed E-state index contributed by atoms with van der Waals surface area (Å²) in [7, 11) is 0. The Morgan fingerprint density at radius 3 is 2.31 bits per heavy atom. The van der Waals surface area contributed by atoms with E-state index in [1.807, 2.05) is 0 Å². The lowest BCUT2D eigenvalue weighted by Crippen LogP contribution is -2.49. The minimum atomic E-state index is -4.78. The highest BCUT2D eigenvalue weighted by molar-refractivity contribution is 7.98. The SMILES string of the molecule is CC(COCCC(=O)N1CCN(c2ncc(C(F)(F)F)cn2)CC1)Sn1nccc(C(F)(F)F)c1=O. The zero-order valence-corrected chi connectivity index (χ0v) is 19.7. The third kappa shape index (κ3) is 7.32. The molecular formula is C20H22F6N6O3S. The van der Waals surface area contributed by atoms with Gasteiger partial charge < -0.3 is 14.5 Å². The number of piperazine rings is 1. The van der Waals surface area contributed by atoms with Gasteiger partial charge in [-0.3, -0.25) is 9.59 Å². The Bertz CT molecular complexity index is 1090. The molecule has 3 rings (SSSR count). The van der Waals surface area contributed by atoms with Crippen molar-refractivity contribution >= 4 is 23.8 Å². The minimum Gasteiger partial charge on any atom is -0.380 e. The van der Waals surface area contributed by atoms with E-state index in [0.29, 0.717) is 36.3 Å². The molecule has 0 N–H and O–H groups in total. The Balaban J connectivity index is 1.38. The number of halogens is 6. The number of nitrogens with zero attached hydrogens (tertiary/aromatic N) is 6. The zero-order chi connectivity index (χ0) is 26.5. The highest BCUT2D eigenvalue weighted by Crippen LogP contribution is 2.28. The van der Waals surface area contributed by atoms with E-state index in [1.165, 1.54) is 0 Å². The van der Waals surface area contributed by atoms with Gasteiger partial charge in [0, 0.05) is 50.0 Å². The fraction of sp³-hybridized carbons (Fsp3) is 0.550. The van der Waals surface area contributed by atoms with Crippen molar-refractivity contribution in [2.45, 2.75) is 30.9 Å². The minimum absolute atomic E-state index is 0.0654. The number of carbonyl (C=O) groups is 1. The lowest BCUT2D eigenvalue weighted by Gasteiger charge is -2.34. The quantitative estimate of drug-likeness (QED) is 0.373. The Morgan fingerprint density at radius 1 is 1.08 bits per heavy atom. The second-order valence-corrected chi connectivity index (χ2v) is 9.16. The third-order valence-corrected chi connectivity index (χ3v) is 6.05. The molecule has 1 unspecified atom stereocenters. The molecule has 3 heterocycles. The van der Waals surface area contributed by atoms with Gasteiger partial charge in [-0.05, 0) is 24.9 Å². The summed E-state index contributed by atoms with van der Waals surface area (Å²) in [6.45, 7) is 3.15. The van der Waals surface area contributed by atoms with Crippen LogP contribution in [0, 0.1) is 0 Å². The molecule has 2 aromatic heterocycles. The summed E-state index contributed by atoms with van der Waals surface area (Å²) in [5.74, 6) is -0.0293. The van der Waals surface area contributed by atoms with Gasteiger partial charge in [0.1, 0.15) is 5.56 Å². The summed E-state index contributed by atoms with van der Waals surface area (Å²) in [5.41, 5.74) is -3.52. The van der Waals surface area contributed by atoms with Gasteiger partial charge in [-0.25, -0.2) is 9.97 Å². The molecule has 1 saturated heterocycles. The Kier molecular flexibility index (Phi) is 8.81. The molecule has 16 heteroatoms. The first-order valence-corrected chi connectivity index (χ1v) is 11.5. The number of rotatable bonds is 8. The molecule has 9 nitrogen and oxygen atoms in total. The fourth-order valence-corrected chi connectivity index (χ4v) is 4.04. The number of anilines is 1. The fourth-order valence-electron chi connectivity index (χ4n) is 3.24. The first kappa shape index (κ1) is 27.7. The molecule has 1 atom stereocenters. The summed E-state index contributed by atoms with van der Waals surface area (Å²) >= 11 is 0.781. The predicted molar refractivity (Wildman–Crippen MR) is 117 cm³/mol. The van der Waals surface area contributed by atoms with E-state index < -0.39 is 34.3 Å². The molecule has 1 aliphatic rings. The van der Waals surface area contributed by atoms with E-state index in [1.54, 1.807) is 16.7 Å². The summed E-state index contributed by atoms with van der Waals surface area (Å²) in [4.78, 5) is 35.1. The van der Waals surface area contributed by atoms with Crippen molar-refractivity contribution in [1.82, 2.24) is 24.1 Å². The lowest BCUT2D eigenvalue weighted by atomic mass is 10.3. The summed E-state index contributed by atoms with van der Waals surface area (Å²) in [6, 6.07) is 0.614. The van der Waals surface area contributed by atoms with Crippen molar-refractivity contribution in [3.05, 3.63) is 46.1 Å². The Hall–Kier alpha value is -2.88. The zero-order valence-electron chi connectivity index (χ0n) is 18.9. The standard InChI is InChI=1S/C20H22F6N6O3S/c1-13(36-32-17(34)15(2-4-29-32)20(24,25)26)12-35-9-3-16(33)30-5-7-31(8-6-30)18-27-10-14(11-28-18)19(21,22)23/h2,4,10-11,13H,3,5-9,12H2,1H3. The monoisotopic (exact) mass is 540 g/mol. The molecule has 36 heavy (non-hydrogen) atoms. The number of alkyl halides is 6. The summed E-state index contributed by atoms with van der Waals surface area (Å²) < 4.78 is 82.6. The van der Waals surface area contributed by atoms with Gasteiger partial charge >= 0.3 is 12.4 Å². The molecule has 0 radical (unpaired) electrons. The van der Waals surface area contributed by atoms with Crippen LogP contribution < -0.4 is 10.5 Å². The maximum absolute atomic E-state index is 12.8. The van der Waals surface area contributed by atoms with Crippen molar-refractivity contribution in [2.75, 3.05) is 44.3 Å². The Morgan fingerprint density at radius 2 is 1.72 bits per heavy atom. The van der Waals surface area contributed by atoms with Gasteiger partial charge in [-0.2, -0.15) is 35.5 Å². The molecular weight excluding hydrogens is 518 g/mol. The molecule has 1 aliphatic heterocycles. The van der Waals surface area contributed by atoms with Crippen molar-refractivity contribution in [3.63, 3.8) is 0 Å². The van der Waals surface area contributed by atoms with Crippen LogP contribution >= 0.6 is 11.9 Å². The summed E-state index contributed by atoms with van der Waals surface area (Å²) in [5, 5.41) is 3.23. The highest BCUT2D eigenvalue weighted by Gasteiger charge is 2.35. The molecule has 0 aromatic carbocycles. The molecule has 2 aromatic rings. The number of ether oxygens (including phenoxy) is 1. The van der Waals surface area contributed by atoms with Crippen molar-refractivity contribution < 1.29 is 35.9 Å².